The SMILES string of the molecule is CC(/C=C/c1ccccc1)=C\c1ccc([N+](=O)[O-])cc1. The Labute approximate surface area is 118 Å². The second-order valence-corrected chi connectivity index (χ2v) is 4.48. The van der Waals surface area contributed by atoms with E-state index in [1.165, 1.54) is 12.1 Å². The van der Waals surface area contributed by atoms with Crippen molar-refractivity contribution in [1.29, 1.82) is 0 Å². The molecule has 0 saturated carbocycles. The molecule has 2 rings (SSSR count). The molecule has 0 heterocycles. The van der Waals surface area contributed by atoms with Gasteiger partial charge in [0.2, 0.25) is 0 Å². The first kappa shape index (κ1) is 13.7. The van der Waals surface area contributed by atoms with Crippen LogP contribution in [0.3, 0.4) is 0 Å². The highest BCUT2D eigenvalue weighted by atomic mass is 16.6. The first-order valence-corrected chi connectivity index (χ1v) is 6.31. The molecule has 0 aliphatic heterocycles. The summed E-state index contributed by atoms with van der Waals surface area (Å²) in [5.74, 6) is 0. The van der Waals surface area contributed by atoms with Gasteiger partial charge in [0, 0.05) is 12.1 Å². The zero-order valence-corrected chi connectivity index (χ0v) is 11.2. The Hall–Kier alpha value is -2.68. The highest BCUT2D eigenvalue weighted by Gasteiger charge is 2.02. The molecule has 0 N–H and O–H groups in total. The zero-order chi connectivity index (χ0) is 14.4. The van der Waals surface area contributed by atoms with E-state index in [2.05, 4.69) is 0 Å². The van der Waals surface area contributed by atoms with E-state index < -0.39 is 4.92 Å². The van der Waals surface area contributed by atoms with Gasteiger partial charge in [-0.25, -0.2) is 0 Å². The second-order valence-electron chi connectivity index (χ2n) is 4.48. The number of rotatable bonds is 4. The Balaban J connectivity index is 2.10. The molecule has 0 fully saturated rings. The summed E-state index contributed by atoms with van der Waals surface area (Å²) in [4.78, 5) is 10.2. The predicted molar refractivity (Wildman–Crippen MR) is 82.2 cm³/mol. The third-order valence-electron chi connectivity index (χ3n) is 2.84. The summed E-state index contributed by atoms with van der Waals surface area (Å²) in [7, 11) is 0. The lowest BCUT2D eigenvalue weighted by atomic mass is 10.1. The third kappa shape index (κ3) is 3.92. The van der Waals surface area contributed by atoms with E-state index in [1.54, 1.807) is 12.1 Å². The normalized spacial score (nSPS) is 11.8. The molecule has 0 unspecified atom stereocenters. The van der Waals surface area contributed by atoms with Gasteiger partial charge in [-0.1, -0.05) is 54.1 Å². The van der Waals surface area contributed by atoms with Gasteiger partial charge >= 0.3 is 0 Å². The highest BCUT2D eigenvalue weighted by Crippen LogP contribution is 2.15. The van der Waals surface area contributed by atoms with Crippen molar-refractivity contribution in [3.8, 4) is 0 Å². The van der Waals surface area contributed by atoms with Gasteiger partial charge in [-0.15, -0.1) is 0 Å². The van der Waals surface area contributed by atoms with Crippen molar-refractivity contribution in [3.05, 3.63) is 87.5 Å². The molecule has 0 bridgehead atoms. The van der Waals surface area contributed by atoms with Crippen molar-refractivity contribution < 1.29 is 4.92 Å². The van der Waals surface area contributed by atoms with Gasteiger partial charge in [-0.05, 0) is 30.2 Å². The van der Waals surface area contributed by atoms with Crippen LogP contribution in [0.25, 0.3) is 12.2 Å². The van der Waals surface area contributed by atoms with E-state index in [0.717, 1.165) is 16.7 Å². The average Bonchev–Trinajstić information content (AvgIpc) is 2.47. The molecule has 0 aliphatic rings. The maximum Gasteiger partial charge on any atom is 0.269 e. The van der Waals surface area contributed by atoms with Crippen molar-refractivity contribution in [2.75, 3.05) is 0 Å². The first-order chi connectivity index (χ1) is 9.65. The van der Waals surface area contributed by atoms with Gasteiger partial charge in [0.25, 0.3) is 5.69 Å². The molecule has 2 aromatic rings. The van der Waals surface area contributed by atoms with E-state index in [4.69, 9.17) is 0 Å². The van der Waals surface area contributed by atoms with Crippen molar-refractivity contribution in [3.63, 3.8) is 0 Å². The molecular weight excluding hydrogens is 250 g/mol. The van der Waals surface area contributed by atoms with Gasteiger partial charge in [0.15, 0.2) is 0 Å². The minimum atomic E-state index is -0.393. The molecule has 3 heteroatoms. The van der Waals surface area contributed by atoms with Crippen molar-refractivity contribution in [2.45, 2.75) is 6.92 Å². The average molecular weight is 265 g/mol. The van der Waals surface area contributed by atoms with Crippen molar-refractivity contribution >= 4 is 17.8 Å². The fourth-order valence-corrected chi connectivity index (χ4v) is 1.80. The summed E-state index contributed by atoms with van der Waals surface area (Å²) in [5, 5.41) is 10.6. The quantitative estimate of drug-likeness (QED) is 0.456. The molecule has 0 amide bonds. The van der Waals surface area contributed by atoms with E-state index >= 15 is 0 Å². The number of benzene rings is 2. The molecule has 0 aromatic heterocycles. The van der Waals surface area contributed by atoms with Gasteiger partial charge in [-0.3, -0.25) is 10.1 Å². The smallest absolute Gasteiger partial charge is 0.258 e. The maximum absolute atomic E-state index is 10.6. The summed E-state index contributed by atoms with van der Waals surface area (Å²) in [6.07, 6.45) is 6.05. The van der Waals surface area contributed by atoms with Crippen LogP contribution in [0.2, 0.25) is 0 Å². The predicted octanol–water partition coefficient (Wildman–Crippen LogP) is 4.71. The van der Waals surface area contributed by atoms with E-state index in [-0.39, 0.29) is 5.69 Å². The summed E-state index contributed by atoms with van der Waals surface area (Å²) in [6, 6.07) is 16.6. The van der Waals surface area contributed by atoms with Crippen LogP contribution in [-0.4, -0.2) is 4.92 Å². The molecular formula is C17H15NO2. The maximum atomic E-state index is 10.6. The monoisotopic (exact) mass is 265 g/mol. The standard InChI is InChI=1S/C17H15NO2/c1-14(7-8-15-5-3-2-4-6-15)13-16-9-11-17(12-10-16)18(19)20/h2-13H,1H3/b8-7+,14-13+. The number of non-ortho nitro benzene ring substituents is 1. The van der Waals surface area contributed by atoms with Crippen LogP contribution in [0.15, 0.2) is 66.2 Å². The fourth-order valence-electron chi connectivity index (χ4n) is 1.80. The fraction of sp³-hybridized carbons (Fsp3) is 0.0588. The lowest BCUT2D eigenvalue weighted by Gasteiger charge is -1.96. The molecule has 0 aliphatic carbocycles. The molecule has 2 aromatic carbocycles. The first-order valence-electron chi connectivity index (χ1n) is 6.31. The van der Waals surface area contributed by atoms with Crippen LogP contribution in [0, 0.1) is 10.1 Å². The minimum absolute atomic E-state index is 0.111. The molecule has 20 heavy (non-hydrogen) atoms. The van der Waals surface area contributed by atoms with E-state index in [1.807, 2.05) is 55.5 Å². The highest BCUT2D eigenvalue weighted by molar-refractivity contribution is 5.61. The summed E-state index contributed by atoms with van der Waals surface area (Å²) in [6.45, 7) is 2.00. The van der Waals surface area contributed by atoms with Gasteiger partial charge in [-0.2, -0.15) is 0 Å². The Morgan fingerprint density at radius 2 is 1.65 bits per heavy atom. The molecule has 3 nitrogen and oxygen atoms in total. The number of allylic oxidation sites excluding steroid dienone is 2. The number of hydrogen-bond donors (Lipinski definition) is 0. The van der Waals surface area contributed by atoms with Crippen LogP contribution < -0.4 is 0 Å². The Morgan fingerprint density at radius 3 is 2.25 bits per heavy atom. The number of nitro benzene ring substituents is 1. The zero-order valence-electron chi connectivity index (χ0n) is 11.2. The van der Waals surface area contributed by atoms with Crippen LogP contribution >= 0.6 is 0 Å². The van der Waals surface area contributed by atoms with Crippen molar-refractivity contribution in [2.24, 2.45) is 0 Å². The minimum Gasteiger partial charge on any atom is -0.258 e. The molecule has 0 spiro atoms. The molecule has 0 radical (unpaired) electrons. The Kier molecular flexibility index (Phi) is 4.45. The summed E-state index contributed by atoms with van der Waals surface area (Å²) < 4.78 is 0. The van der Waals surface area contributed by atoms with Gasteiger partial charge < -0.3 is 0 Å². The lowest BCUT2D eigenvalue weighted by molar-refractivity contribution is -0.384. The number of nitro groups is 1. The molecule has 100 valence electrons. The van der Waals surface area contributed by atoms with Crippen LogP contribution in [-0.2, 0) is 0 Å². The van der Waals surface area contributed by atoms with Crippen LogP contribution in [0.1, 0.15) is 18.1 Å². The van der Waals surface area contributed by atoms with Crippen LogP contribution in [0.5, 0.6) is 0 Å². The number of hydrogen-bond acceptors (Lipinski definition) is 2. The summed E-state index contributed by atoms with van der Waals surface area (Å²) in [5.41, 5.74) is 3.29. The Morgan fingerprint density at radius 1 is 1.00 bits per heavy atom. The lowest BCUT2D eigenvalue weighted by Crippen LogP contribution is -1.86. The van der Waals surface area contributed by atoms with Crippen molar-refractivity contribution in [1.82, 2.24) is 0 Å². The van der Waals surface area contributed by atoms with Gasteiger partial charge in [0.05, 0.1) is 4.92 Å². The largest absolute Gasteiger partial charge is 0.269 e. The third-order valence-corrected chi connectivity index (χ3v) is 2.84. The van der Waals surface area contributed by atoms with E-state index in [9.17, 15) is 10.1 Å². The Bertz CT molecular complexity index is 640. The van der Waals surface area contributed by atoms with Gasteiger partial charge in [0.1, 0.15) is 0 Å². The second kappa shape index (κ2) is 6.48. The summed E-state index contributed by atoms with van der Waals surface area (Å²) >= 11 is 0. The van der Waals surface area contributed by atoms with E-state index in [0.29, 0.717) is 0 Å². The topological polar surface area (TPSA) is 43.1 Å². The molecule has 0 atom stereocenters. The van der Waals surface area contributed by atoms with Crippen LogP contribution in [0.4, 0.5) is 5.69 Å². The molecule has 0 saturated heterocycles. The number of nitrogens with zero attached hydrogens (tertiary/aromatic N) is 1.